The fourth-order valence-electron chi connectivity index (χ4n) is 1.52. The van der Waals surface area contributed by atoms with Gasteiger partial charge in [-0.25, -0.2) is 0 Å². The molecule has 2 aromatic rings. The van der Waals surface area contributed by atoms with Gasteiger partial charge in [0.15, 0.2) is 0 Å². The number of nitriles is 1. The van der Waals surface area contributed by atoms with Gasteiger partial charge in [-0.3, -0.25) is 4.68 Å². The van der Waals surface area contributed by atoms with Crippen molar-refractivity contribution in [3.05, 3.63) is 23.4 Å². The van der Waals surface area contributed by atoms with Crippen LogP contribution in [0.4, 0.5) is 0 Å². The summed E-state index contributed by atoms with van der Waals surface area (Å²) in [6.07, 6.45) is 1.82. The lowest BCUT2D eigenvalue weighted by molar-refractivity contribution is 0.470. The molecule has 0 unspecified atom stereocenters. The van der Waals surface area contributed by atoms with Crippen LogP contribution in [0.5, 0.6) is 5.75 Å². The molecular weight excluding hydrogens is 178 g/mol. The Morgan fingerprint density at radius 2 is 2.29 bits per heavy atom. The van der Waals surface area contributed by atoms with Crippen LogP contribution in [0.3, 0.4) is 0 Å². The quantitative estimate of drug-likeness (QED) is 0.679. The molecule has 0 atom stereocenters. The molecule has 4 nitrogen and oxygen atoms in total. The van der Waals surface area contributed by atoms with E-state index in [0.29, 0.717) is 11.1 Å². The Balaban J connectivity index is 2.97. The number of phenolic OH excluding ortho intramolecular Hbond substituents is 1. The van der Waals surface area contributed by atoms with Gasteiger partial charge in [0.1, 0.15) is 22.9 Å². The highest BCUT2D eigenvalue weighted by Gasteiger charge is 2.12. The number of fused-ring (bicyclic) bond motifs is 1. The molecule has 2 rings (SSSR count). The summed E-state index contributed by atoms with van der Waals surface area (Å²) < 4.78 is 1.63. The maximum absolute atomic E-state index is 9.63. The van der Waals surface area contributed by atoms with Gasteiger partial charge in [-0.05, 0) is 18.6 Å². The van der Waals surface area contributed by atoms with E-state index in [4.69, 9.17) is 5.26 Å². The molecule has 0 saturated heterocycles. The summed E-state index contributed by atoms with van der Waals surface area (Å²) in [6.45, 7) is 1.77. The molecule has 4 heteroatoms. The maximum atomic E-state index is 9.63. The maximum Gasteiger partial charge on any atom is 0.138 e. The van der Waals surface area contributed by atoms with Crippen LogP contribution in [0.2, 0.25) is 0 Å². The van der Waals surface area contributed by atoms with E-state index in [1.165, 1.54) is 0 Å². The number of aromatic nitrogens is 2. The molecule has 14 heavy (non-hydrogen) atoms. The molecule has 0 aliphatic heterocycles. The molecule has 1 N–H and O–H groups in total. The molecule has 0 bridgehead atoms. The number of nitrogens with zero attached hydrogens (tertiary/aromatic N) is 3. The van der Waals surface area contributed by atoms with Gasteiger partial charge in [0, 0.05) is 18.6 Å². The zero-order valence-electron chi connectivity index (χ0n) is 7.94. The van der Waals surface area contributed by atoms with Crippen molar-refractivity contribution in [2.45, 2.75) is 6.92 Å². The molecule has 0 amide bonds. The van der Waals surface area contributed by atoms with Crippen molar-refractivity contribution in [3.63, 3.8) is 0 Å². The lowest BCUT2D eigenvalue weighted by Gasteiger charge is -2.00. The summed E-state index contributed by atoms with van der Waals surface area (Å²) in [6, 6.07) is 3.78. The van der Waals surface area contributed by atoms with Crippen LogP contribution in [0, 0.1) is 18.3 Å². The summed E-state index contributed by atoms with van der Waals surface area (Å²) in [7, 11) is 1.79. The van der Waals surface area contributed by atoms with Crippen molar-refractivity contribution in [2.24, 2.45) is 7.05 Å². The molecule has 1 aromatic carbocycles. The van der Waals surface area contributed by atoms with Gasteiger partial charge in [0.05, 0.1) is 0 Å². The predicted molar refractivity (Wildman–Crippen MR) is 51.8 cm³/mol. The molecule has 70 valence electrons. The summed E-state index contributed by atoms with van der Waals surface area (Å²) in [5.41, 5.74) is 1.50. The molecule has 0 fully saturated rings. The first kappa shape index (κ1) is 8.57. The Bertz CT molecular complexity index is 548. The fraction of sp³-hybridized carbons (Fsp3) is 0.200. The highest BCUT2D eigenvalue weighted by molar-refractivity contribution is 5.87. The van der Waals surface area contributed by atoms with E-state index in [1.54, 1.807) is 18.7 Å². The zero-order chi connectivity index (χ0) is 10.3. The summed E-state index contributed by atoms with van der Waals surface area (Å²) in [4.78, 5) is 0. The second kappa shape index (κ2) is 2.74. The summed E-state index contributed by atoms with van der Waals surface area (Å²) in [5, 5.41) is 23.5. The Morgan fingerprint density at radius 1 is 1.57 bits per heavy atom. The molecule has 1 heterocycles. The molecule has 0 radical (unpaired) electrons. The molecule has 0 aliphatic rings. The van der Waals surface area contributed by atoms with Crippen LogP contribution in [0.25, 0.3) is 10.9 Å². The van der Waals surface area contributed by atoms with Crippen molar-refractivity contribution >= 4 is 10.9 Å². The van der Waals surface area contributed by atoms with Crippen molar-refractivity contribution in [1.29, 1.82) is 5.26 Å². The number of benzene rings is 1. The molecular formula is C10H9N3O. The lowest BCUT2D eigenvalue weighted by atomic mass is 10.1. The van der Waals surface area contributed by atoms with E-state index < -0.39 is 0 Å². The van der Waals surface area contributed by atoms with E-state index in [0.717, 1.165) is 5.39 Å². The number of phenols is 1. The number of hydrogen-bond donors (Lipinski definition) is 1. The first-order valence-corrected chi connectivity index (χ1v) is 4.19. The summed E-state index contributed by atoms with van der Waals surface area (Å²) >= 11 is 0. The van der Waals surface area contributed by atoms with Crippen LogP contribution in [-0.4, -0.2) is 14.9 Å². The van der Waals surface area contributed by atoms with E-state index in [9.17, 15) is 5.11 Å². The molecule has 0 aliphatic carbocycles. The molecule has 0 saturated carbocycles. The standard InChI is InChI=1S/C10H9N3O/c1-6-3-7-5-13(2)12-9(7)8(4-11)10(6)14/h3,5,14H,1-2H3. The molecule has 0 spiro atoms. The second-order valence-electron chi connectivity index (χ2n) is 3.27. The third-order valence-electron chi connectivity index (χ3n) is 2.19. The van der Waals surface area contributed by atoms with Gasteiger partial charge < -0.3 is 5.11 Å². The van der Waals surface area contributed by atoms with Crippen LogP contribution in [0.15, 0.2) is 12.3 Å². The van der Waals surface area contributed by atoms with Gasteiger partial charge in [-0.1, -0.05) is 0 Å². The first-order chi connectivity index (χ1) is 6.63. The van der Waals surface area contributed by atoms with Crippen LogP contribution in [0.1, 0.15) is 11.1 Å². The lowest BCUT2D eigenvalue weighted by Crippen LogP contribution is -1.87. The number of aromatic hydroxyl groups is 1. The Labute approximate surface area is 81.0 Å². The topological polar surface area (TPSA) is 61.8 Å². The minimum Gasteiger partial charge on any atom is -0.506 e. The third kappa shape index (κ3) is 1.03. The summed E-state index contributed by atoms with van der Waals surface area (Å²) in [5.74, 6) is 0.0266. The minimum atomic E-state index is 0.0266. The number of aryl methyl sites for hydroxylation is 2. The van der Waals surface area contributed by atoms with Crippen LogP contribution < -0.4 is 0 Å². The average molecular weight is 187 g/mol. The Kier molecular flexibility index (Phi) is 1.68. The van der Waals surface area contributed by atoms with E-state index in [2.05, 4.69) is 5.10 Å². The van der Waals surface area contributed by atoms with Crippen molar-refractivity contribution in [3.8, 4) is 11.8 Å². The van der Waals surface area contributed by atoms with Gasteiger partial charge in [-0.15, -0.1) is 0 Å². The monoisotopic (exact) mass is 187 g/mol. The largest absolute Gasteiger partial charge is 0.506 e. The second-order valence-corrected chi connectivity index (χ2v) is 3.27. The SMILES string of the molecule is Cc1cc2cn(C)nc2c(C#N)c1O. The van der Waals surface area contributed by atoms with Crippen molar-refractivity contribution in [2.75, 3.05) is 0 Å². The minimum absolute atomic E-state index is 0.0266. The Morgan fingerprint density at radius 3 is 2.93 bits per heavy atom. The fourth-order valence-corrected chi connectivity index (χ4v) is 1.52. The van der Waals surface area contributed by atoms with Crippen LogP contribution in [-0.2, 0) is 7.05 Å². The molecule has 1 aromatic heterocycles. The number of rotatable bonds is 0. The van der Waals surface area contributed by atoms with Gasteiger partial charge >= 0.3 is 0 Å². The highest BCUT2D eigenvalue weighted by Crippen LogP contribution is 2.28. The number of hydrogen-bond acceptors (Lipinski definition) is 3. The van der Waals surface area contributed by atoms with Crippen molar-refractivity contribution < 1.29 is 5.11 Å². The highest BCUT2D eigenvalue weighted by atomic mass is 16.3. The first-order valence-electron chi connectivity index (χ1n) is 4.19. The van der Waals surface area contributed by atoms with Crippen molar-refractivity contribution in [1.82, 2.24) is 9.78 Å². The van der Waals surface area contributed by atoms with Crippen LogP contribution >= 0.6 is 0 Å². The van der Waals surface area contributed by atoms with E-state index in [-0.39, 0.29) is 11.3 Å². The van der Waals surface area contributed by atoms with E-state index >= 15 is 0 Å². The zero-order valence-corrected chi connectivity index (χ0v) is 7.94. The van der Waals surface area contributed by atoms with Gasteiger partial charge in [0.25, 0.3) is 0 Å². The third-order valence-corrected chi connectivity index (χ3v) is 2.19. The van der Waals surface area contributed by atoms with Gasteiger partial charge in [-0.2, -0.15) is 10.4 Å². The predicted octanol–water partition coefficient (Wildman–Crippen LogP) is 1.46. The smallest absolute Gasteiger partial charge is 0.138 e. The van der Waals surface area contributed by atoms with E-state index in [1.807, 2.05) is 18.3 Å². The van der Waals surface area contributed by atoms with Gasteiger partial charge in [0.2, 0.25) is 0 Å². The Hall–Kier alpha value is -2.02. The average Bonchev–Trinajstić information content (AvgIpc) is 2.47. The normalized spacial score (nSPS) is 10.4.